The van der Waals surface area contributed by atoms with Crippen molar-refractivity contribution in [1.29, 1.82) is 0 Å². The van der Waals surface area contributed by atoms with E-state index < -0.39 is 5.54 Å². The fourth-order valence-electron chi connectivity index (χ4n) is 4.56. The number of hydrogen-bond donors (Lipinski definition) is 0. The SMILES string of the molecule is CN1C(=O)c2cnn3ccc(nc23)N2CCC[C@@H]2c2cc(F)cnc2CCC1(C)C. The molecule has 30 heavy (non-hydrogen) atoms. The van der Waals surface area contributed by atoms with Gasteiger partial charge in [-0.1, -0.05) is 0 Å². The summed E-state index contributed by atoms with van der Waals surface area (Å²) in [5, 5.41) is 4.33. The van der Waals surface area contributed by atoms with Crippen LogP contribution in [0.1, 0.15) is 60.8 Å². The van der Waals surface area contributed by atoms with E-state index in [2.05, 4.69) is 15.0 Å². The van der Waals surface area contributed by atoms with E-state index in [1.54, 1.807) is 21.7 Å². The van der Waals surface area contributed by atoms with Gasteiger partial charge in [0.25, 0.3) is 5.91 Å². The van der Waals surface area contributed by atoms with Crippen LogP contribution in [0.4, 0.5) is 10.2 Å². The summed E-state index contributed by atoms with van der Waals surface area (Å²) in [5.41, 5.74) is 2.43. The van der Waals surface area contributed by atoms with Crippen LogP contribution in [-0.4, -0.2) is 49.5 Å². The Balaban J connectivity index is 1.72. The minimum Gasteiger partial charge on any atom is -0.349 e. The lowest BCUT2D eigenvalue weighted by Gasteiger charge is -2.36. The molecule has 0 spiro atoms. The summed E-state index contributed by atoms with van der Waals surface area (Å²) in [6.45, 7) is 4.91. The van der Waals surface area contributed by atoms with Gasteiger partial charge in [-0.15, -0.1) is 0 Å². The molecule has 8 heteroatoms. The minimum atomic E-state index is -0.417. The molecule has 7 nitrogen and oxygen atoms in total. The van der Waals surface area contributed by atoms with Gasteiger partial charge in [0.1, 0.15) is 17.2 Å². The van der Waals surface area contributed by atoms with Gasteiger partial charge in [-0.25, -0.2) is 13.9 Å². The van der Waals surface area contributed by atoms with Crippen molar-refractivity contribution in [3.05, 3.63) is 53.4 Å². The molecule has 0 saturated carbocycles. The number of nitrogens with zero attached hydrogens (tertiary/aromatic N) is 6. The Kier molecular flexibility index (Phi) is 4.27. The molecule has 1 amide bonds. The van der Waals surface area contributed by atoms with E-state index in [1.807, 2.05) is 33.2 Å². The molecule has 3 aromatic rings. The van der Waals surface area contributed by atoms with Crippen LogP contribution in [0.15, 0.2) is 30.7 Å². The van der Waals surface area contributed by atoms with Crippen molar-refractivity contribution in [2.24, 2.45) is 0 Å². The normalized spacial score (nSPS) is 21.2. The first-order valence-corrected chi connectivity index (χ1v) is 10.4. The summed E-state index contributed by atoms with van der Waals surface area (Å²) in [6.07, 6.45) is 8.00. The van der Waals surface area contributed by atoms with Crippen LogP contribution in [0.25, 0.3) is 5.65 Å². The molecule has 2 bridgehead atoms. The Morgan fingerprint density at radius 1 is 1.27 bits per heavy atom. The van der Waals surface area contributed by atoms with Crippen LogP contribution in [0, 0.1) is 5.82 Å². The highest BCUT2D eigenvalue weighted by molar-refractivity contribution is 6.00. The number of aryl methyl sites for hydroxylation is 1. The van der Waals surface area contributed by atoms with E-state index in [1.165, 1.54) is 6.20 Å². The Labute approximate surface area is 174 Å². The van der Waals surface area contributed by atoms with Gasteiger partial charge in [0.15, 0.2) is 5.65 Å². The number of rotatable bonds is 0. The van der Waals surface area contributed by atoms with Gasteiger partial charge in [0.05, 0.1) is 18.4 Å². The molecule has 0 unspecified atom stereocenters. The van der Waals surface area contributed by atoms with Gasteiger partial charge in [0.2, 0.25) is 0 Å². The second-order valence-electron chi connectivity index (χ2n) is 8.83. The second-order valence-corrected chi connectivity index (χ2v) is 8.83. The maximum Gasteiger partial charge on any atom is 0.259 e. The first-order chi connectivity index (χ1) is 14.3. The first-order valence-electron chi connectivity index (χ1n) is 10.4. The number of anilines is 1. The maximum absolute atomic E-state index is 14.2. The monoisotopic (exact) mass is 408 g/mol. The molecular weight excluding hydrogens is 383 g/mol. The Morgan fingerprint density at radius 2 is 2.10 bits per heavy atom. The average Bonchev–Trinajstić information content (AvgIpc) is 3.37. The summed E-state index contributed by atoms with van der Waals surface area (Å²) in [6, 6.07) is 3.55. The molecule has 0 N–H and O–H groups in total. The third-order valence-electron chi connectivity index (χ3n) is 6.65. The minimum absolute atomic E-state index is 0.0156. The van der Waals surface area contributed by atoms with E-state index in [0.717, 1.165) is 36.5 Å². The standard InChI is InChI=1S/C22H25FN6O/c1-22(2)8-6-17-15(11-14(23)12-24-17)18-5-4-9-28(18)19-7-10-29-20(26-19)16(13-25-29)21(30)27(22)3/h7,10-13,18H,4-6,8-9H2,1-3H3/t18-/m1/s1. The summed E-state index contributed by atoms with van der Waals surface area (Å²) in [5.74, 6) is 0.345. The van der Waals surface area contributed by atoms with Crippen molar-refractivity contribution >= 4 is 17.4 Å². The quantitative estimate of drug-likeness (QED) is 0.570. The van der Waals surface area contributed by atoms with Crippen molar-refractivity contribution in [1.82, 2.24) is 24.5 Å². The van der Waals surface area contributed by atoms with E-state index in [4.69, 9.17) is 4.98 Å². The lowest BCUT2D eigenvalue weighted by Crippen LogP contribution is -2.45. The predicted molar refractivity (Wildman–Crippen MR) is 111 cm³/mol. The van der Waals surface area contributed by atoms with Crippen molar-refractivity contribution in [2.45, 2.75) is 51.1 Å². The molecule has 1 atom stereocenters. The van der Waals surface area contributed by atoms with Gasteiger partial charge in [-0.3, -0.25) is 9.78 Å². The predicted octanol–water partition coefficient (Wildman–Crippen LogP) is 3.40. The smallest absolute Gasteiger partial charge is 0.259 e. The highest BCUT2D eigenvalue weighted by Gasteiger charge is 2.34. The molecule has 156 valence electrons. The molecule has 0 aromatic carbocycles. The summed E-state index contributed by atoms with van der Waals surface area (Å²) in [7, 11) is 1.81. The van der Waals surface area contributed by atoms with Gasteiger partial charge in [0, 0.05) is 31.0 Å². The van der Waals surface area contributed by atoms with E-state index in [9.17, 15) is 9.18 Å². The van der Waals surface area contributed by atoms with Gasteiger partial charge in [-0.2, -0.15) is 5.10 Å². The second kappa shape index (κ2) is 6.75. The molecule has 3 aromatic heterocycles. The van der Waals surface area contributed by atoms with E-state index in [-0.39, 0.29) is 17.8 Å². The number of halogens is 1. The average molecular weight is 408 g/mol. The lowest BCUT2D eigenvalue weighted by molar-refractivity contribution is 0.0613. The number of carbonyl (C=O) groups excluding carboxylic acids is 1. The Hall–Kier alpha value is -3.03. The third kappa shape index (κ3) is 2.93. The fourth-order valence-corrected chi connectivity index (χ4v) is 4.56. The Bertz CT molecular complexity index is 1140. The Morgan fingerprint density at radius 3 is 2.93 bits per heavy atom. The van der Waals surface area contributed by atoms with Crippen LogP contribution in [0.2, 0.25) is 0 Å². The zero-order valence-electron chi connectivity index (χ0n) is 17.5. The molecule has 0 aliphatic carbocycles. The number of aromatic nitrogens is 4. The number of fused-ring (bicyclic) bond motifs is 5. The molecule has 1 fully saturated rings. The van der Waals surface area contributed by atoms with Crippen molar-refractivity contribution in [3.63, 3.8) is 0 Å². The van der Waals surface area contributed by atoms with Gasteiger partial charge >= 0.3 is 0 Å². The van der Waals surface area contributed by atoms with Crippen molar-refractivity contribution in [2.75, 3.05) is 18.5 Å². The lowest BCUT2D eigenvalue weighted by atomic mass is 9.92. The van der Waals surface area contributed by atoms with Gasteiger partial charge in [-0.05, 0) is 57.2 Å². The fraction of sp³-hybridized carbons (Fsp3) is 0.455. The molecular formula is C22H25FN6O. The molecule has 5 heterocycles. The highest BCUT2D eigenvalue weighted by atomic mass is 19.1. The molecule has 2 aliphatic rings. The van der Waals surface area contributed by atoms with Crippen LogP contribution in [0.3, 0.4) is 0 Å². The van der Waals surface area contributed by atoms with Crippen LogP contribution in [0.5, 0.6) is 0 Å². The first kappa shape index (κ1) is 19.0. The number of amides is 1. The maximum atomic E-state index is 14.2. The number of pyridine rings is 1. The molecule has 1 saturated heterocycles. The topological polar surface area (TPSA) is 66.6 Å². The molecule has 5 rings (SSSR count). The summed E-state index contributed by atoms with van der Waals surface area (Å²) >= 11 is 0. The largest absolute Gasteiger partial charge is 0.349 e. The van der Waals surface area contributed by atoms with Crippen LogP contribution >= 0.6 is 0 Å². The highest BCUT2D eigenvalue weighted by Crippen LogP contribution is 2.38. The molecule has 2 aliphatic heterocycles. The van der Waals surface area contributed by atoms with Crippen molar-refractivity contribution < 1.29 is 9.18 Å². The third-order valence-corrected chi connectivity index (χ3v) is 6.65. The number of hydrogen-bond acceptors (Lipinski definition) is 5. The zero-order chi connectivity index (χ0) is 21.0. The van der Waals surface area contributed by atoms with E-state index in [0.29, 0.717) is 24.1 Å². The van der Waals surface area contributed by atoms with Gasteiger partial charge < -0.3 is 9.80 Å². The number of carbonyl (C=O) groups is 1. The summed E-state index contributed by atoms with van der Waals surface area (Å²) in [4.78, 5) is 26.5. The zero-order valence-corrected chi connectivity index (χ0v) is 17.5. The summed E-state index contributed by atoms with van der Waals surface area (Å²) < 4.78 is 15.8. The molecule has 0 radical (unpaired) electrons. The van der Waals surface area contributed by atoms with Crippen LogP contribution in [-0.2, 0) is 6.42 Å². The van der Waals surface area contributed by atoms with Crippen LogP contribution < -0.4 is 4.90 Å². The van der Waals surface area contributed by atoms with E-state index >= 15 is 0 Å². The van der Waals surface area contributed by atoms with Crippen molar-refractivity contribution in [3.8, 4) is 0 Å².